The monoisotopic (exact) mass is 279 g/mol. The maximum atomic E-state index is 11.3. The van der Waals surface area contributed by atoms with E-state index in [9.17, 15) is 8.42 Å². The van der Waals surface area contributed by atoms with Gasteiger partial charge in [-0.2, -0.15) is 0 Å². The van der Waals surface area contributed by atoms with Crippen LogP contribution >= 0.6 is 0 Å². The molecule has 1 aromatic carbocycles. The standard InChI is InChI=1S/C14H17NO3S/c1-11(13-7-8-18-10-13)15-9-12-3-5-14(6-4-12)19(2,16)17/h3-8,10-11,15H,9H2,1-2H3. The van der Waals surface area contributed by atoms with E-state index in [1.165, 1.54) is 6.26 Å². The minimum Gasteiger partial charge on any atom is -0.472 e. The minimum atomic E-state index is -3.12. The Morgan fingerprint density at radius 3 is 2.42 bits per heavy atom. The molecule has 19 heavy (non-hydrogen) atoms. The molecule has 0 aliphatic rings. The molecule has 1 heterocycles. The molecule has 0 spiro atoms. The van der Waals surface area contributed by atoms with Gasteiger partial charge in [0.1, 0.15) is 0 Å². The molecule has 0 saturated heterocycles. The van der Waals surface area contributed by atoms with Crippen LogP contribution in [0.5, 0.6) is 0 Å². The van der Waals surface area contributed by atoms with Crippen LogP contribution in [-0.4, -0.2) is 14.7 Å². The summed E-state index contributed by atoms with van der Waals surface area (Å²) < 4.78 is 27.7. The first kappa shape index (κ1) is 13.8. The number of hydrogen-bond donors (Lipinski definition) is 1. The van der Waals surface area contributed by atoms with E-state index in [4.69, 9.17) is 4.42 Å². The van der Waals surface area contributed by atoms with Gasteiger partial charge < -0.3 is 9.73 Å². The summed E-state index contributed by atoms with van der Waals surface area (Å²) in [5, 5.41) is 3.35. The number of benzene rings is 1. The van der Waals surface area contributed by atoms with Gasteiger partial charge in [0.15, 0.2) is 9.84 Å². The number of furan rings is 1. The van der Waals surface area contributed by atoms with Gasteiger partial charge in [-0.25, -0.2) is 8.42 Å². The van der Waals surface area contributed by atoms with Crippen molar-refractivity contribution >= 4 is 9.84 Å². The summed E-state index contributed by atoms with van der Waals surface area (Å²) >= 11 is 0. The van der Waals surface area contributed by atoms with E-state index in [-0.39, 0.29) is 6.04 Å². The molecular formula is C14H17NO3S. The molecule has 102 valence electrons. The maximum Gasteiger partial charge on any atom is 0.175 e. The van der Waals surface area contributed by atoms with Crippen LogP contribution in [0.1, 0.15) is 24.1 Å². The summed E-state index contributed by atoms with van der Waals surface area (Å²) in [5.74, 6) is 0. The highest BCUT2D eigenvalue weighted by molar-refractivity contribution is 7.90. The molecule has 5 heteroatoms. The van der Waals surface area contributed by atoms with Gasteiger partial charge in [0.25, 0.3) is 0 Å². The van der Waals surface area contributed by atoms with Crippen LogP contribution < -0.4 is 5.32 Å². The topological polar surface area (TPSA) is 59.3 Å². The third-order valence-corrected chi connectivity index (χ3v) is 4.14. The number of nitrogens with one attached hydrogen (secondary N) is 1. The molecule has 1 atom stereocenters. The highest BCUT2D eigenvalue weighted by Crippen LogP contribution is 2.14. The molecule has 0 fully saturated rings. The summed E-state index contributed by atoms with van der Waals surface area (Å²) in [6.07, 6.45) is 4.57. The van der Waals surface area contributed by atoms with Crippen LogP contribution in [0.4, 0.5) is 0 Å². The fourth-order valence-electron chi connectivity index (χ4n) is 1.76. The van der Waals surface area contributed by atoms with Crippen molar-refractivity contribution in [2.24, 2.45) is 0 Å². The summed E-state index contributed by atoms with van der Waals surface area (Å²) in [6.45, 7) is 2.73. The molecule has 0 amide bonds. The van der Waals surface area contributed by atoms with Crippen molar-refractivity contribution in [2.75, 3.05) is 6.26 Å². The zero-order valence-corrected chi connectivity index (χ0v) is 11.8. The second kappa shape index (κ2) is 5.59. The number of rotatable bonds is 5. The quantitative estimate of drug-likeness (QED) is 0.913. The largest absolute Gasteiger partial charge is 0.472 e. The second-order valence-corrected chi connectivity index (χ2v) is 6.59. The molecule has 0 aliphatic heterocycles. The average molecular weight is 279 g/mol. The summed E-state index contributed by atoms with van der Waals surface area (Å²) in [5.41, 5.74) is 2.13. The van der Waals surface area contributed by atoms with Gasteiger partial charge in [-0.1, -0.05) is 12.1 Å². The smallest absolute Gasteiger partial charge is 0.175 e. The first-order chi connectivity index (χ1) is 8.97. The van der Waals surface area contributed by atoms with Crippen LogP contribution in [0.3, 0.4) is 0 Å². The van der Waals surface area contributed by atoms with Crippen molar-refractivity contribution < 1.29 is 12.8 Å². The normalized spacial score (nSPS) is 13.4. The SMILES string of the molecule is CC(NCc1ccc(S(C)(=O)=O)cc1)c1ccoc1. The highest BCUT2D eigenvalue weighted by atomic mass is 32.2. The third kappa shape index (κ3) is 3.68. The zero-order chi connectivity index (χ0) is 13.9. The third-order valence-electron chi connectivity index (χ3n) is 3.01. The Balaban J connectivity index is 1.97. The van der Waals surface area contributed by atoms with Crippen LogP contribution in [0.15, 0.2) is 52.2 Å². The molecular weight excluding hydrogens is 262 g/mol. The van der Waals surface area contributed by atoms with E-state index in [1.807, 2.05) is 18.2 Å². The average Bonchev–Trinajstić information content (AvgIpc) is 2.89. The minimum absolute atomic E-state index is 0.188. The summed E-state index contributed by atoms with van der Waals surface area (Å²) in [7, 11) is -3.12. The molecule has 1 N–H and O–H groups in total. The van der Waals surface area contributed by atoms with Crippen molar-refractivity contribution in [3.05, 3.63) is 54.0 Å². The fraction of sp³-hybridized carbons (Fsp3) is 0.286. The Morgan fingerprint density at radius 2 is 1.89 bits per heavy atom. The number of sulfone groups is 1. The second-order valence-electron chi connectivity index (χ2n) is 4.58. The van der Waals surface area contributed by atoms with Crippen molar-refractivity contribution in [1.82, 2.24) is 5.32 Å². The van der Waals surface area contributed by atoms with Crippen LogP contribution in [0.25, 0.3) is 0 Å². The number of hydrogen-bond acceptors (Lipinski definition) is 4. The van der Waals surface area contributed by atoms with E-state index in [1.54, 1.807) is 24.7 Å². The van der Waals surface area contributed by atoms with Gasteiger partial charge in [0, 0.05) is 24.4 Å². The Labute approximate surface area is 113 Å². The zero-order valence-electron chi connectivity index (χ0n) is 11.0. The lowest BCUT2D eigenvalue weighted by atomic mass is 10.1. The summed E-state index contributed by atoms with van der Waals surface area (Å²) in [4.78, 5) is 0.346. The van der Waals surface area contributed by atoms with Crippen molar-refractivity contribution in [3.63, 3.8) is 0 Å². The fourth-order valence-corrected chi connectivity index (χ4v) is 2.40. The van der Waals surface area contributed by atoms with Gasteiger partial charge in [-0.15, -0.1) is 0 Å². The molecule has 2 aromatic rings. The predicted octanol–water partition coefficient (Wildman–Crippen LogP) is 2.53. The van der Waals surface area contributed by atoms with Crippen molar-refractivity contribution in [2.45, 2.75) is 24.4 Å². The summed E-state index contributed by atoms with van der Waals surface area (Å²) in [6, 6.07) is 9.03. The molecule has 0 bridgehead atoms. The first-order valence-corrected chi connectivity index (χ1v) is 7.90. The van der Waals surface area contributed by atoms with E-state index in [2.05, 4.69) is 12.2 Å². The molecule has 0 aliphatic carbocycles. The van der Waals surface area contributed by atoms with Crippen molar-refractivity contribution in [3.8, 4) is 0 Å². The lowest BCUT2D eigenvalue weighted by Crippen LogP contribution is -2.17. The van der Waals surface area contributed by atoms with Gasteiger partial charge in [-0.3, -0.25) is 0 Å². The van der Waals surface area contributed by atoms with E-state index >= 15 is 0 Å². The van der Waals surface area contributed by atoms with Crippen LogP contribution in [0, 0.1) is 0 Å². The van der Waals surface area contributed by atoms with E-state index in [0.29, 0.717) is 11.4 Å². The molecule has 1 aromatic heterocycles. The lowest BCUT2D eigenvalue weighted by molar-refractivity contribution is 0.538. The van der Waals surface area contributed by atoms with Crippen molar-refractivity contribution in [1.29, 1.82) is 0 Å². The molecule has 0 radical (unpaired) electrons. The molecule has 1 unspecified atom stereocenters. The molecule has 4 nitrogen and oxygen atoms in total. The van der Waals surface area contributed by atoms with Crippen LogP contribution in [0.2, 0.25) is 0 Å². The lowest BCUT2D eigenvalue weighted by Gasteiger charge is -2.12. The van der Waals surface area contributed by atoms with Gasteiger partial charge in [-0.05, 0) is 30.7 Å². The Bertz CT molecular complexity index is 615. The van der Waals surface area contributed by atoms with Gasteiger partial charge in [0.05, 0.1) is 17.4 Å². The Morgan fingerprint density at radius 1 is 1.21 bits per heavy atom. The van der Waals surface area contributed by atoms with E-state index in [0.717, 1.165) is 11.1 Å². The maximum absolute atomic E-state index is 11.3. The van der Waals surface area contributed by atoms with Crippen LogP contribution in [-0.2, 0) is 16.4 Å². The highest BCUT2D eigenvalue weighted by Gasteiger charge is 2.08. The Kier molecular flexibility index (Phi) is 4.07. The first-order valence-electron chi connectivity index (χ1n) is 6.01. The van der Waals surface area contributed by atoms with E-state index < -0.39 is 9.84 Å². The predicted molar refractivity (Wildman–Crippen MR) is 73.5 cm³/mol. The molecule has 2 rings (SSSR count). The molecule has 0 saturated carbocycles. The van der Waals surface area contributed by atoms with Gasteiger partial charge in [0.2, 0.25) is 0 Å². The van der Waals surface area contributed by atoms with Gasteiger partial charge >= 0.3 is 0 Å². The Hall–Kier alpha value is -1.59.